The van der Waals surface area contributed by atoms with Crippen molar-refractivity contribution < 1.29 is 18.7 Å². The van der Waals surface area contributed by atoms with E-state index in [2.05, 4.69) is 4.98 Å². The van der Waals surface area contributed by atoms with Crippen LogP contribution in [0.3, 0.4) is 0 Å². The molecule has 0 spiro atoms. The Hall–Kier alpha value is -2.63. The number of carbonyl (C=O) groups is 1. The number of pyridine rings is 1. The standard InChI is InChI=1S/C19H21FN2O3/c1-24-18-10-15(7-8-21-18)19(23)22-9-3-4-14(12-22)13-25-17-6-2-5-16(20)11-17/h2,5-8,10-11,14H,3-4,9,12-13H2,1H3. The Bertz CT molecular complexity index is 738. The highest BCUT2D eigenvalue weighted by molar-refractivity contribution is 5.94. The molecule has 5 nitrogen and oxygen atoms in total. The maximum atomic E-state index is 13.2. The minimum absolute atomic E-state index is 0.0313. The summed E-state index contributed by atoms with van der Waals surface area (Å²) in [7, 11) is 1.53. The van der Waals surface area contributed by atoms with Crippen LogP contribution in [0.15, 0.2) is 42.6 Å². The average Bonchev–Trinajstić information content (AvgIpc) is 2.66. The van der Waals surface area contributed by atoms with E-state index in [-0.39, 0.29) is 17.6 Å². The molecule has 0 N–H and O–H groups in total. The molecule has 1 aromatic carbocycles. The van der Waals surface area contributed by atoms with Crippen molar-refractivity contribution in [3.63, 3.8) is 0 Å². The second kappa shape index (κ2) is 7.96. The van der Waals surface area contributed by atoms with Gasteiger partial charge in [0.2, 0.25) is 5.88 Å². The summed E-state index contributed by atoms with van der Waals surface area (Å²) in [5, 5.41) is 0. The molecule has 3 rings (SSSR count). The van der Waals surface area contributed by atoms with Crippen LogP contribution in [0.25, 0.3) is 0 Å². The van der Waals surface area contributed by atoms with Gasteiger partial charge in [0, 0.05) is 42.9 Å². The number of likely N-dealkylation sites (tertiary alicyclic amines) is 1. The Balaban J connectivity index is 1.59. The molecule has 25 heavy (non-hydrogen) atoms. The quantitative estimate of drug-likeness (QED) is 0.836. The molecule has 1 aliphatic rings. The van der Waals surface area contributed by atoms with Gasteiger partial charge in [0.1, 0.15) is 11.6 Å². The highest BCUT2D eigenvalue weighted by atomic mass is 19.1. The van der Waals surface area contributed by atoms with E-state index in [1.165, 1.54) is 19.2 Å². The number of hydrogen-bond acceptors (Lipinski definition) is 4. The van der Waals surface area contributed by atoms with Crippen molar-refractivity contribution in [2.75, 3.05) is 26.8 Å². The van der Waals surface area contributed by atoms with Crippen molar-refractivity contribution in [1.82, 2.24) is 9.88 Å². The largest absolute Gasteiger partial charge is 0.493 e. The summed E-state index contributed by atoms with van der Waals surface area (Å²) >= 11 is 0. The first-order chi connectivity index (χ1) is 12.2. The van der Waals surface area contributed by atoms with E-state index in [1.807, 2.05) is 4.90 Å². The first-order valence-corrected chi connectivity index (χ1v) is 8.33. The van der Waals surface area contributed by atoms with Crippen molar-refractivity contribution in [3.05, 3.63) is 54.0 Å². The number of carbonyl (C=O) groups excluding carboxylic acids is 1. The molecule has 1 amide bonds. The highest BCUT2D eigenvalue weighted by Crippen LogP contribution is 2.21. The van der Waals surface area contributed by atoms with Gasteiger partial charge in [0.05, 0.1) is 13.7 Å². The molecule has 1 unspecified atom stereocenters. The lowest BCUT2D eigenvalue weighted by atomic mass is 9.98. The molecule has 0 aliphatic carbocycles. The normalized spacial score (nSPS) is 17.2. The van der Waals surface area contributed by atoms with E-state index in [0.717, 1.165) is 19.4 Å². The second-order valence-electron chi connectivity index (χ2n) is 6.11. The lowest BCUT2D eigenvalue weighted by Crippen LogP contribution is -2.41. The fraction of sp³-hybridized carbons (Fsp3) is 0.368. The Morgan fingerprint density at radius 3 is 3.04 bits per heavy atom. The maximum absolute atomic E-state index is 13.2. The Labute approximate surface area is 146 Å². The molecule has 0 radical (unpaired) electrons. The summed E-state index contributed by atoms with van der Waals surface area (Å²) in [6, 6.07) is 9.45. The van der Waals surface area contributed by atoms with Crippen LogP contribution in [0.2, 0.25) is 0 Å². The summed E-state index contributed by atoms with van der Waals surface area (Å²) in [4.78, 5) is 18.5. The zero-order valence-corrected chi connectivity index (χ0v) is 14.2. The number of aromatic nitrogens is 1. The van der Waals surface area contributed by atoms with Crippen LogP contribution in [-0.4, -0.2) is 42.6 Å². The molecular formula is C19H21FN2O3. The molecule has 2 aromatic rings. The SMILES string of the molecule is COc1cc(C(=O)N2CCCC(COc3cccc(F)c3)C2)ccn1. The number of methoxy groups -OCH3 is 1. The molecule has 6 heteroatoms. The van der Waals surface area contributed by atoms with Crippen molar-refractivity contribution in [2.45, 2.75) is 12.8 Å². The maximum Gasteiger partial charge on any atom is 0.254 e. The zero-order chi connectivity index (χ0) is 17.6. The lowest BCUT2D eigenvalue weighted by Gasteiger charge is -2.32. The molecule has 132 valence electrons. The Morgan fingerprint density at radius 2 is 2.24 bits per heavy atom. The third-order valence-corrected chi connectivity index (χ3v) is 4.28. The third kappa shape index (κ3) is 4.47. The first kappa shape index (κ1) is 17.2. The van der Waals surface area contributed by atoms with E-state index >= 15 is 0 Å². The van der Waals surface area contributed by atoms with Gasteiger partial charge in [-0.3, -0.25) is 4.79 Å². The van der Waals surface area contributed by atoms with Gasteiger partial charge in [-0.25, -0.2) is 9.37 Å². The van der Waals surface area contributed by atoms with E-state index in [1.54, 1.807) is 30.5 Å². The minimum atomic E-state index is -0.315. The van der Waals surface area contributed by atoms with Crippen molar-refractivity contribution in [3.8, 4) is 11.6 Å². The first-order valence-electron chi connectivity index (χ1n) is 8.33. The van der Waals surface area contributed by atoms with E-state index in [9.17, 15) is 9.18 Å². The zero-order valence-electron chi connectivity index (χ0n) is 14.2. The van der Waals surface area contributed by atoms with Gasteiger partial charge >= 0.3 is 0 Å². The van der Waals surface area contributed by atoms with Crippen LogP contribution in [-0.2, 0) is 0 Å². The second-order valence-corrected chi connectivity index (χ2v) is 6.11. The molecule has 1 aliphatic heterocycles. The monoisotopic (exact) mass is 344 g/mol. The van der Waals surface area contributed by atoms with Gasteiger partial charge in [-0.05, 0) is 31.0 Å². The van der Waals surface area contributed by atoms with Crippen LogP contribution >= 0.6 is 0 Å². The van der Waals surface area contributed by atoms with Crippen molar-refractivity contribution in [1.29, 1.82) is 0 Å². The van der Waals surface area contributed by atoms with Crippen LogP contribution in [0.4, 0.5) is 4.39 Å². The number of hydrogen-bond donors (Lipinski definition) is 0. The van der Waals surface area contributed by atoms with Crippen LogP contribution in [0, 0.1) is 11.7 Å². The van der Waals surface area contributed by atoms with Gasteiger partial charge in [-0.15, -0.1) is 0 Å². The molecule has 1 fully saturated rings. The van der Waals surface area contributed by atoms with Gasteiger partial charge < -0.3 is 14.4 Å². The summed E-state index contributed by atoms with van der Waals surface area (Å²) < 4.78 is 24.0. The predicted molar refractivity (Wildman–Crippen MR) is 91.3 cm³/mol. The summed E-state index contributed by atoms with van der Waals surface area (Å²) in [6.45, 7) is 1.81. The molecule has 2 heterocycles. The number of benzene rings is 1. The van der Waals surface area contributed by atoms with E-state index in [0.29, 0.717) is 30.3 Å². The number of amides is 1. The highest BCUT2D eigenvalue weighted by Gasteiger charge is 2.25. The molecule has 1 saturated heterocycles. The minimum Gasteiger partial charge on any atom is -0.493 e. The van der Waals surface area contributed by atoms with E-state index in [4.69, 9.17) is 9.47 Å². The predicted octanol–water partition coefficient (Wildman–Crippen LogP) is 3.16. The van der Waals surface area contributed by atoms with Gasteiger partial charge in [-0.2, -0.15) is 0 Å². The number of piperidine rings is 1. The number of nitrogens with zero attached hydrogens (tertiary/aromatic N) is 2. The fourth-order valence-electron chi connectivity index (χ4n) is 2.99. The van der Waals surface area contributed by atoms with Crippen LogP contribution in [0.5, 0.6) is 11.6 Å². The molecule has 0 saturated carbocycles. The van der Waals surface area contributed by atoms with Gasteiger partial charge in [-0.1, -0.05) is 6.07 Å². The number of halogens is 1. The molecule has 1 atom stereocenters. The van der Waals surface area contributed by atoms with Gasteiger partial charge in [0.25, 0.3) is 5.91 Å². The molecule has 0 bridgehead atoms. The average molecular weight is 344 g/mol. The fourth-order valence-corrected chi connectivity index (χ4v) is 2.99. The number of rotatable bonds is 5. The number of ether oxygens (including phenoxy) is 2. The van der Waals surface area contributed by atoms with Crippen LogP contribution in [0.1, 0.15) is 23.2 Å². The summed E-state index contributed by atoms with van der Waals surface area (Å²) in [5.41, 5.74) is 0.568. The lowest BCUT2D eigenvalue weighted by molar-refractivity contribution is 0.0632. The van der Waals surface area contributed by atoms with Crippen molar-refractivity contribution >= 4 is 5.91 Å². The summed E-state index contributed by atoms with van der Waals surface area (Å²) in [5.74, 6) is 0.821. The Kier molecular flexibility index (Phi) is 5.48. The van der Waals surface area contributed by atoms with Crippen LogP contribution < -0.4 is 9.47 Å². The topological polar surface area (TPSA) is 51.7 Å². The molecule has 1 aromatic heterocycles. The van der Waals surface area contributed by atoms with Gasteiger partial charge in [0.15, 0.2) is 0 Å². The molecular weight excluding hydrogens is 323 g/mol. The Morgan fingerprint density at radius 1 is 1.36 bits per heavy atom. The van der Waals surface area contributed by atoms with E-state index < -0.39 is 0 Å². The third-order valence-electron chi connectivity index (χ3n) is 4.28. The van der Waals surface area contributed by atoms with Crippen molar-refractivity contribution in [2.24, 2.45) is 5.92 Å². The summed E-state index contributed by atoms with van der Waals surface area (Å²) in [6.07, 6.45) is 3.48. The smallest absolute Gasteiger partial charge is 0.254 e.